The molecule has 0 unspecified atom stereocenters. The number of carbonyl (C=O) groups is 1. The van der Waals surface area contributed by atoms with Crippen LogP contribution in [-0.2, 0) is 4.79 Å². The zero-order valence-electron chi connectivity index (χ0n) is 7.15. The van der Waals surface area contributed by atoms with Gasteiger partial charge in [-0.25, -0.2) is 4.79 Å². The molecule has 0 radical (unpaired) electrons. The van der Waals surface area contributed by atoms with Gasteiger partial charge in [0.15, 0.2) is 0 Å². The molecule has 3 heteroatoms. The first kappa shape index (κ1) is 9.32. The van der Waals surface area contributed by atoms with Crippen molar-refractivity contribution in [1.82, 2.24) is 0 Å². The Kier molecular flexibility index (Phi) is 2.69. The van der Waals surface area contributed by atoms with E-state index in [9.17, 15) is 9.90 Å². The average molecular weight is 177 g/mol. The highest BCUT2D eigenvalue weighted by Crippen LogP contribution is 2.16. The molecule has 68 valence electrons. The van der Waals surface area contributed by atoms with E-state index in [-0.39, 0.29) is 5.75 Å². The SMILES string of the molecule is Cc1ccc([O-])c(/C=C/C(=O)O)c1. The van der Waals surface area contributed by atoms with Gasteiger partial charge < -0.3 is 10.2 Å². The van der Waals surface area contributed by atoms with Crippen molar-refractivity contribution in [3.05, 3.63) is 35.4 Å². The Morgan fingerprint density at radius 2 is 2.23 bits per heavy atom. The van der Waals surface area contributed by atoms with Crippen LogP contribution in [0.3, 0.4) is 0 Å². The molecule has 1 rings (SSSR count). The Hall–Kier alpha value is -1.77. The van der Waals surface area contributed by atoms with Gasteiger partial charge in [-0.1, -0.05) is 23.8 Å². The number of rotatable bonds is 2. The second-order valence-electron chi connectivity index (χ2n) is 2.71. The third-order valence-electron chi connectivity index (χ3n) is 1.57. The predicted octanol–water partition coefficient (Wildman–Crippen LogP) is 1.17. The maximum atomic E-state index is 11.1. The van der Waals surface area contributed by atoms with Crippen molar-refractivity contribution in [3.8, 4) is 5.75 Å². The lowest BCUT2D eigenvalue weighted by atomic mass is 10.1. The first-order chi connectivity index (χ1) is 6.09. The van der Waals surface area contributed by atoms with Crippen molar-refractivity contribution in [3.63, 3.8) is 0 Å². The number of hydrogen-bond acceptors (Lipinski definition) is 2. The molecule has 0 spiro atoms. The molecule has 0 aliphatic rings. The predicted molar refractivity (Wildman–Crippen MR) is 47.3 cm³/mol. The summed E-state index contributed by atoms with van der Waals surface area (Å²) in [5.74, 6) is -1.22. The quantitative estimate of drug-likeness (QED) is 0.689. The van der Waals surface area contributed by atoms with Gasteiger partial charge in [-0.05, 0) is 18.6 Å². The van der Waals surface area contributed by atoms with Crippen molar-refractivity contribution in [1.29, 1.82) is 0 Å². The van der Waals surface area contributed by atoms with Crippen LogP contribution < -0.4 is 5.11 Å². The third-order valence-corrected chi connectivity index (χ3v) is 1.57. The molecule has 0 saturated carbocycles. The summed E-state index contributed by atoms with van der Waals surface area (Å²) in [5, 5.41) is 19.5. The van der Waals surface area contributed by atoms with Crippen LogP contribution in [0.1, 0.15) is 11.1 Å². The lowest BCUT2D eigenvalue weighted by Crippen LogP contribution is -1.94. The Bertz CT molecular complexity index is 353. The van der Waals surface area contributed by atoms with Gasteiger partial charge in [-0.3, -0.25) is 0 Å². The molecule has 0 aliphatic carbocycles. The molecule has 1 N–H and O–H groups in total. The lowest BCUT2D eigenvalue weighted by Gasteiger charge is -2.09. The van der Waals surface area contributed by atoms with Gasteiger partial charge in [0.05, 0.1) is 0 Å². The van der Waals surface area contributed by atoms with Crippen LogP contribution in [-0.4, -0.2) is 11.1 Å². The summed E-state index contributed by atoms with van der Waals surface area (Å²) < 4.78 is 0. The summed E-state index contributed by atoms with van der Waals surface area (Å²) in [6.45, 7) is 1.84. The fraction of sp³-hybridized carbons (Fsp3) is 0.100. The maximum absolute atomic E-state index is 11.1. The molecule has 0 atom stereocenters. The molecular formula is C10H9O3-. The van der Waals surface area contributed by atoms with E-state index in [0.29, 0.717) is 5.56 Å². The van der Waals surface area contributed by atoms with Gasteiger partial charge in [0.2, 0.25) is 0 Å². The summed E-state index contributed by atoms with van der Waals surface area (Å²) in [6, 6.07) is 4.78. The standard InChI is InChI=1S/C10H10O3/c1-7-2-4-9(11)8(6-7)3-5-10(12)13/h2-6,11H,1H3,(H,12,13)/p-1/b5-3+. The van der Waals surface area contributed by atoms with E-state index in [0.717, 1.165) is 11.6 Å². The summed E-state index contributed by atoms with van der Waals surface area (Å²) in [7, 11) is 0. The normalized spacial score (nSPS) is 10.5. The largest absolute Gasteiger partial charge is 0.872 e. The maximum Gasteiger partial charge on any atom is 0.328 e. The minimum atomic E-state index is -1.05. The van der Waals surface area contributed by atoms with E-state index in [4.69, 9.17) is 5.11 Å². The van der Waals surface area contributed by atoms with E-state index < -0.39 is 5.97 Å². The number of carboxylic acids is 1. The smallest absolute Gasteiger partial charge is 0.328 e. The number of carboxylic acid groups (broad SMARTS) is 1. The van der Waals surface area contributed by atoms with Crippen molar-refractivity contribution in [2.24, 2.45) is 0 Å². The minimum absolute atomic E-state index is 0.164. The van der Waals surface area contributed by atoms with Gasteiger partial charge in [0.25, 0.3) is 0 Å². The van der Waals surface area contributed by atoms with Crippen molar-refractivity contribution in [2.45, 2.75) is 6.92 Å². The van der Waals surface area contributed by atoms with Crippen LogP contribution >= 0.6 is 0 Å². The minimum Gasteiger partial charge on any atom is -0.872 e. The van der Waals surface area contributed by atoms with E-state index in [1.54, 1.807) is 12.1 Å². The first-order valence-corrected chi connectivity index (χ1v) is 3.78. The van der Waals surface area contributed by atoms with Crippen molar-refractivity contribution < 1.29 is 15.0 Å². The third kappa shape index (κ3) is 2.63. The van der Waals surface area contributed by atoms with Crippen LogP contribution in [0.5, 0.6) is 5.75 Å². The van der Waals surface area contributed by atoms with Crippen LogP contribution in [0, 0.1) is 6.92 Å². The molecule has 0 fully saturated rings. The molecule has 0 bridgehead atoms. The summed E-state index contributed by atoms with van der Waals surface area (Å²) in [6.07, 6.45) is 2.26. The lowest BCUT2D eigenvalue weighted by molar-refractivity contribution is -0.268. The molecule has 0 heterocycles. The molecule has 0 aromatic heterocycles. The highest BCUT2D eigenvalue weighted by Gasteiger charge is 1.91. The zero-order chi connectivity index (χ0) is 9.84. The first-order valence-electron chi connectivity index (χ1n) is 3.78. The molecule has 0 aliphatic heterocycles. The Labute approximate surface area is 76.0 Å². The van der Waals surface area contributed by atoms with Crippen LogP contribution in [0.4, 0.5) is 0 Å². The Balaban J connectivity index is 3.00. The van der Waals surface area contributed by atoms with Gasteiger partial charge in [-0.2, -0.15) is 0 Å². The number of benzene rings is 1. The molecule has 13 heavy (non-hydrogen) atoms. The van der Waals surface area contributed by atoms with E-state index in [1.165, 1.54) is 12.1 Å². The van der Waals surface area contributed by atoms with E-state index in [1.807, 2.05) is 6.92 Å². The van der Waals surface area contributed by atoms with Gasteiger partial charge in [-0.15, -0.1) is 5.75 Å². The Morgan fingerprint density at radius 3 is 2.85 bits per heavy atom. The molecule has 0 amide bonds. The van der Waals surface area contributed by atoms with Gasteiger partial charge in [0, 0.05) is 6.08 Å². The Morgan fingerprint density at radius 1 is 1.54 bits per heavy atom. The number of hydrogen-bond donors (Lipinski definition) is 1. The molecule has 0 saturated heterocycles. The summed E-state index contributed by atoms with van der Waals surface area (Å²) >= 11 is 0. The highest BCUT2D eigenvalue weighted by molar-refractivity contribution is 5.85. The van der Waals surface area contributed by atoms with E-state index in [2.05, 4.69) is 0 Å². The van der Waals surface area contributed by atoms with Crippen molar-refractivity contribution in [2.75, 3.05) is 0 Å². The van der Waals surface area contributed by atoms with Crippen LogP contribution in [0.25, 0.3) is 6.08 Å². The van der Waals surface area contributed by atoms with Crippen LogP contribution in [0.2, 0.25) is 0 Å². The highest BCUT2D eigenvalue weighted by atomic mass is 16.4. The fourth-order valence-corrected chi connectivity index (χ4v) is 0.959. The monoisotopic (exact) mass is 177 g/mol. The van der Waals surface area contributed by atoms with E-state index >= 15 is 0 Å². The number of aliphatic carboxylic acids is 1. The summed E-state index contributed by atoms with van der Waals surface area (Å²) in [4.78, 5) is 10.2. The summed E-state index contributed by atoms with van der Waals surface area (Å²) in [5.41, 5.74) is 1.34. The molecule has 1 aromatic rings. The van der Waals surface area contributed by atoms with Gasteiger partial charge in [0.1, 0.15) is 0 Å². The second-order valence-corrected chi connectivity index (χ2v) is 2.71. The topological polar surface area (TPSA) is 60.4 Å². The molecule has 3 nitrogen and oxygen atoms in total. The van der Waals surface area contributed by atoms with Crippen LogP contribution in [0.15, 0.2) is 24.3 Å². The molecule has 1 aromatic carbocycles. The van der Waals surface area contributed by atoms with Gasteiger partial charge >= 0.3 is 5.97 Å². The van der Waals surface area contributed by atoms with Crippen molar-refractivity contribution >= 4 is 12.0 Å². The fourth-order valence-electron chi connectivity index (χ4n) is 0.959. The zero-order valence-corrected chi connectivity index (χ0v) is 7.15. The average Bonchev–Trinajstić information content (AvgIpc) is 2.06. The number of aryl methyl sites for hydroxylation is 1. The second kappa shape index (κ2) is 3.76. The molecular weight excluding hydrogens is 168 g/mol.